The molecule has 0 bridgehead atoms. The number of para-hydroxylation sites is 1. The quantitative estimate of drug-likeness (QED) is 0.666. The number of halogens is 2. The molecule has 1 amide bonds. The zero-order chi connectivity index (χ0) is 19.4. The van der Waals surface area contributed by atoms with Crippen molar-refractivity contribution < 1.29 is 18.4 Å². The third kappa shape index (κ3) is 4.30. The van der Waals surface area contributed by atoms with Gasteiger partial charge in [-0.3, -0.25) is 9.59 Å². The van der Waals surface area contributed by atoms with Crippen LogP contribution in [0.25, 0.3) is 0 Å². The van der Waals surface area contributed by atoms with Crippen LogP contribution in [0.4, 0.5) is 26.1 Å². The molecule has 2 N–H and O–H groups in total. The standard InChI is InChI=1S/C19H14F2N4O2/c1-11(26)12-4-2-5-13(10-12)23-19-22-9-8-16(24-19)18(27)25-17-14(20)6-3-7-15(17)21/h2-10H,1H3,(H,25,27)(H,22,23,24). The maximum Gasteiger partial charge on any atom is 0.274 e. The summed E-state index contributed by atoms with van der Waals surface area (Å²) in [6.45, 7) is 1.45. The van der Waals surface area contributed by atoms with Gasteiger partial charge in [0.1, 0.15) is 23.0 Å². The average Bonchev–Trinajstić information content (AvgIpc) is 2.65. The van der Waals surface area contributed by atoms with Crippen molar-refractivity contribution in [3.8, 4) is 0 Å². The number of amides is 1. The van der Waals surface area contributed by atoms with E-state index < -0.39 is 23.2 Å². The second-order valence-electron chi connectivity index (χ2n) is 5.58. The average molecular weight is 368 g/mol. The fourth-order valence-corrected chi connectivity index (χ4v) is 2.29. The summed E-state index contributed by atoms with van der Waals surface area (Å²) in [6.07, 6.45) is 1.33. The molecule has 2 aromatic carbocycles. The predicted octanol–water partition coefficient (Wildman–Crippen LogP) is 3.95. The Balaban J connectivity index is 1.80. The fraction of sp³-hybridized carbons (Fsp3) is 0.0526. The maximum atomic E-state index is 13.7. The first-order chi connectivity index (χ1) is 12.9. The lowest BCUT2D eigenvalue weighted by Gasteiger charge is -2.09. The number of carbonyl (C=O) groups excluding carboxylic acids is 2. The molecular weight excluding hydrogens is 354 g/mol. The number of rotatable bonds is 5. The normalized spacial score (nSPS) is 10.3. The van der Waals surface area contributed by atoms with Crippen LogP contribution in [-0.4, -0.2) is 21.7 Å². The summed E-state index contributed by atoms with van der Waals surface area (Å²) in [5.74, 6) is -2.58. The van der Waals surface area contributed by atoms with Gasteiger partial charge in [-0.05, 0) is 37.3 Å². The molecule has 0 atom stereocenters. The van der Waals surface area contributed by atoms with Crippen LogP contribution in [0.3, 0.4) is 0 Å². The van der Waals surface area contributed by atoms with Crippen molar-refractivity contribution >= 4 is 29.0 Å². The van der Waals surface area contributed by atoms with E-state index in [0.29, 0.717) is 11.3 Å². The lowest BCUT2D eigenvalue weighted by atomic mass is 10.1. The summed E-state index contributed by atoms with van der Waals surface area (Å²) in [5, 5.41) is 5.04. The number of nitrogens with zero attached hydrogens (tertiary/aromatic N) is 2. The van der Waals surface area contributed by atoms with Gasteiger partial charge < -0.3 is 10.6 Å². The Morgan fingerprint density at radius 1 is 1.00 bits per heavy atom. The Morgan fingerprint density at radius 2 is 1.70 bits per heavy atom. The molecule has 0 aliphatic heterocycles. The van der Waals surface area contributed by atoms with Gasteiger partial charge in [-0.1, -0.05) is 18.2 Å². The molecule has 1 aromatic heterocycles. The van der Waals surface area contributed by atoms with Crippen LogP contribution in [0.2, 0.25) is 0 Å². The first kappa shape index (κ1) is 18.1. The van der Waals surface area contributed by atoms with Crippen molar-refractivity contribution in [1.82, 2.24) is 9.97 Å². The summed E-state index contributed by atoms with van der Waals surface area (Å²) in [5.41, 5.74) is 0.423. The van der Waals surface area contributed by atoms with E-state index in [1.165, 1.54) is 25.3 Å². The first-order valence-corrected chi connectivity index (χ1v) is 7.90. The van der Waals surface area contributed by atoms with Crippen LogP contribution in [0.5, 0.6) is 0 Å². The minimum Gasteiger partial charge on any atom is -0.324 e. The smallest absolute Gasteiger partial charge is 0.274 e. The van der Waals surface area contributed by atoms with Crippen LogP contribution in [-0.2, 0) is 0 Å². The number of carbonyl (C=O) groups is 2. The number of anilines is 3. The van der Waals surface area contributed by atoms with E-state index in [0.717, 1.165) is 12.1 Å². The van der Waals surface area contributed by atoms with Crippen LogP contribution in [0, 0.1) is 11.6 Å². The van der Waals surface area contributed by atoms with E-state index in [1.54, 1.807) is 24.3 Å². The Bertz CT molecular complexity index is 1000. The number of aromatic nitrogens is 2. The molecule has 0 aliphatic carbocycles. The van der Waals surface area contributed by atoms with Crippen LogP contribution in [0.1, 0.15) is 27.8 Å². The molecule has 0 spiro atoms. The SMILES string of the molecule is CC(=O)c1cccc(Nc2nccc(C(=O)Nc3c(F)cccc3F)n2)c1. The van der Waals surface area contributed by atoms with Crippen molar-refractivity contribution in [3.05, 3.63) is 77.6 Å². The molecule has 0 fully saturated rings. The molecule has 0 radical (unpaired) electrons. The molecule has 3 aromatic rings. The van der Waals surface area contributed by atoms with Crippen molar-refractivity contribution in [3.63, 3.8) is 0 Å². The number of benzene rings is 2. The Hall–Kier alpha value is -3.68. The fourth-order valence-electron chi connectivity index (χ4n) is 2.29. The van der Waals surface area contributed by atoms with Gasteiger partial charge in [0.2, 0.25) is 5.95 Å². The molecule has 0 saturated carbocycles. The third-order valence-corrected chi connectivity index (χ3v) is 3.61. The van der Waals surface area contributed by atoms with Gasteiger partial charge in [0.25, 0.3) is 5.91 Å². The van der Waals surface area contributed by atoms with Crippen LogP contribution < -0.4 is 10.6 Å². The second-order valence-corrected chi connectivity index (χ2v) is 5.58. The number of ketones is 1. The van der Waals surface area contributed by atoms with E-state index in [1.807, 2.05) is 0 Å². The Kier molecular flexibility index (Phi) is 5.16. The highest BCUT2D eigenvalue weighted by molar-refractivity contribution is 6.03. The van der Waals surface area contributed by atoms with E-state index in [2.05, 4.69) is 20.6 Å². The second kappa shape index (κ2) is 7.69. The van der Waals surface area contributed by atoms with E-state index >= 15 is 0 Å². The van der Waals surface area contributed by atoms with Crippen molar-refractivity contribution in [2.75, 3.05) is 10.6 Å². The molecule has 1 heterocycles. The van der Waals surface area contributed by atoms with Gasteiger partial charge in [0.05, 0.1) is 0 Å². The van der Waals surface area contributed by atoms with Gasteiger partial charge >= 0.3 is 0 Å². The van der Waals surface area contributed by atoms with Crippen molar-refractivity contribution in [2.45, 2.75) is 6.92 Å². The van der Waals surface area contributed by atoms with Crippen molar-refractivity contribution in [2.24, 2.45) is 0 Å². The predicted molar refractivity (Wildman–Crippen MR) is 96.1 cm³/mol. The van der Waals surface area contributed by atoms with Gasteiger partial charge in [-0.15, -0.1) is 0 Å². The van der Waals surface area contributed by atoms with Gasteiger partial charge in [-0.25, -0.2) is 18.7 Å². The largest absolute Gasteiger partial charge is 0.324 e. The van der Waals surface area contributed by atoms with E-state index in [9.17, 15) is 18.4 Å². The summed E-state index contributed by atoms with van der Waals surface area (Å²) < 4.78 is 27.3. The van der Waals surface area contributed by atoms with Gasteiger partial charge in [-0.2, -0.15) is 0 Å². The summed E-state index contributed by atoms with van der Waals surface area (Å²) in [4.78, 5) is 31.7. The number of hydrogen-bond acceptors (Lipinski definition) is 5. The lowest BCUT2D eigenvalue weighted by Crippen LogP contribution is -2.16. The molecule has 0 aliphatic rings. The molecule has 8 heteroatoms. The number of hydrogen-bond donors (Lipinski definition) is 2. The molecule has 27 heavy (non-hydrogen) atoms. The van der Waals surface area contributed by atoms with E-state index in [-0.39, 0.29) is 17.4 Å². The van der Waals surface area contributed by atoms with Crippen LogP contribution >= 0.6 is 0 Å². The summed E-state index contributed by atoms with van der Waals surface area (Å²) >= 11 is 0. The number of nitrogens with one attached hydrogen (secondary N) is 2. The molecule has 0 saturated heterocycles. The highest BCUT2D eigenvalue weighted by atomic mass is 19.1. The molecular formula is C19H14F2N4O2. The topological polar surface area (TPSA) is 84.0 Å². The van der Waals surface area contributed by atoms with E-state index in [4.69, 9.17) is 0 Å². The summed E-state index contributed by atoms with van der Waals surface area (Å²) in [6, 6.07) is 11.3. The van der Waals surface area contributed by atoms with Gasteiger partial charge in [0.15, 0.2) is 5.78 Å². The van der Waals surface area contributed by atoms with Crippen molar-refractivity contribution in [1.29, 1.82) is 0 Å². The lowest BCUT2D eigenvalue weighted by molar-refractivity contribution is 0.101. The number of Topliss-reactive ketones (excluding diaryl/α,β-unsaturated/α-hetero) is 1. The zero-order valence-electron chi connectivity index (χ0n) is 14.2. The molecule has 136 valence electrons. The van der Waals surface area contributed by atoms with Gasteiger partial charge in [0, 0.05) is 17.4 Å². The van der Waals surface area contributed by atoms with Crippen LogP contribution in [0.15, 0.2) is 54.7 Å². The Morgan fingerprint density at radius 3 is 2.41 bits per heavy atom. The summed E-state index contributed by atoms with van der Waals surface area (Å²) in [7, 11) is 0. The zero-order valence-corrected chi connectivity index (χ0v) is 14.2. The minimum atomic E-state index is -0.892. The highest BCUT2D eigenvalue weighted by Crippen LogP contribution is 2.19. The maximum absolute atomic E-state index is 13.7. The molecule has 3 rings (SSSR count). The highest BCUT2D eigenvalue weighted by Gasteiger charge is 2.15. The Labute approximate surface area is 153 Å². The monoisotopic (exact) mass is 368 g/mol. The third-order valence-electron chi connectivity index (χ3n) is 3.61. The minimum absolute atomic E-state index is 0.0853. The molecule has 0 unspecified atom stereocenters. The first-order valence-electron chi connectivity index (χ1n) is 7.90. The molecule has 6 nitrogen and oxygen atoms in total.